The summed E-state index contributed by atoms with van der Waals surface area (Å²) in [5.74, 6) is 2.57. The summed E-state index contributed by atoms with van der Waals surface area (Å²) in [4.78, 5) is 19.5. The molecule has 1 aromatic heterocycles. The molecule has 0 radical (unpaired) electrons. The van der Waals surface area contributed by atoms with E-state index < -0.39 is 0 Å². The first-order valence-electron chi connectivity index (χ1n) is 13.0. The SMILES string of the molecule is Cc1cc(OCCCC2CCN(c3ccc(C(C)(C)C)cn3)CC2)ccc1C(=O)NC[C@H](C)CO. The van der Waals surface area contributed by atoms with Crippen molar-refractivity contribution in [2.45, 2.75) is 65.7 Å². The molecule has 2 heterocycles. The van der Waals surface area contributed by atoms with Crippen LogP contribution in [0.1, 0.15) is 74.9 Å². The topological polar surface area (TPSA) is 74.7 Å². The quantitative estimate of drug-likeness (QED) is 0.461. The number of aliphatic hydroxyl groups is 1. The van der Waals surface area contributed by atoms with Gasteiger partial charge in [0.1, 0.15) is 11.6 Å². The van der Waals surface area contributed by atoms with Crippen molar-refractivity contribution in [2.75, 3.05) is 37.7 Å². The van der Waals surface area contributed by atoms with E-state index in [2.05, 4.69) is 43.1 Å². The molecule has 3 rings (SSSR count). The van der Waals surface area contributed by atoms with Crippen molar-refractivity contribution >= 4 is 11.7 Å². The van der Waals surface area contributed by atoms with Crippen molar-refractivity contribution < 1.29 is 14.6 Å². The molecule has 2 aromatic rings. The predicted molar refractivity (Wildman–Crippen MR) is 142 cm³/mol. The van der Waals surface area contributed by atoms with Gasteiger partial charge in [0, 0.05) is 38.0 Å². The van der Waals surface area contributed by atoms with E-state index in [4.69, 9.17) is 14.8 Å². The van der Waals surface area contributed by atoms with Gasteiger partial charge in [0.25, 0.3) is 5.91 Å². The van der Waals surface area contributed by atoms with Crippen LogP contribution in [0.4, 0.5) is 5.82 Å². The molecule has 0 aliphatic carbocycles. The highest BCUT2D eigenvalue weighted by Crippen LogP contribution is 2.27. The molecule has 1 aliphatic rings. The number of amides is 1. The van der Waals surface area contributed by atoms with Crippen LogP contribution < -0.4 is 15.0 Å². The molecule has 1 saturated heterocycles. The fourth-order valence-electron chi connectivity index (χ4n) is 4.44. The zero-order chi connectivity index (χ0) is 25.4. The largest absolute Gasteiger partial charge is 0.494 e. The summed E-state index contributed by atoms with van der Waals surface area (Å²) in [6, 6.07) is 10.0. The molecule has 1 atom stereocenters. The summed E-state index contributed by atoms with van der Waals surface area (Å²) >= 11 is 0. The molecule has 6 nitrogen and oxygen atoms in total. The Hall–Kier alpha value is -2.60. The molecule has 1 fully saturated rings. The zero-order valence-corrected chi connectivity index (χ0v) is 22.1. The standard InChI is InChI=1S/C29H43N3O3/c1-21(20-33)18-31-28(34)26-10-9-25(17-22(26)2)35-16-6-7-23-12-14-32(15-13-23)27-11-8-24(19-30-27)29(3,4)5/h8-11,17,19,21,23,33H,6-7,12-16,18,20H2,1-5H3,(H,31,34)/t21-/m0/s1. The van der Waals surface area contributed by atoms with Gasteiger partial charge in [-0.2, -0.15) is 0 Å². The molecule has 0 saturated carbocycles. The first-order chi connectivity index (χ1) is 16.7. The van der Waals surface area contributed by atoms with E-state index in [1.54, 1.807) is 0 Å². The van der Waals surface area contributed by atoms with E-state index in [0.717, 1.165) is 42.6 Å². The van der Waals surface area contributed by atoms with Gasteiger partial charge in [0.15, 0.2) is 0 Å². The summed E-state index contributed by atoms with van der Waals surface area (Å²) in [5, 5.41) is 12.0. The number of piperidine rings is 1. The number of nitrogens with zero attached hydrogens (tertiary/aromatic N) is 2. The lowest BCUT2D eigenvalue weighted by Gasteiger charge is -2.33. The number of benzene rings is 1. The maximum atomic E-state index is 12.4. The number of hydrogen-bond acceptors (Lipinski definition) is 5. The number of aryl methyl sites for hydroxylation is 1. The smallest absolute Gasteiger partial charge is 0.251 e. The van der Waals surface area contributed by atoms with Crippen LogP contribution in [0.2, 0.25) is 0 Å². The van der Waals surface area contributed by atoms with Gasteiger partial charge >= 0.3 is 0 Å². The van der Waals surface area contributed by atoms with Crippen molar-refractivity contribution in [2.24, 2.45) is 11.8 Å². The van der Waals surface area contributed by atoms with Crippen LogP contribution in [0.3, 0.4) is 0 Å². The van der Waals surface area contributed by atoms with E-state index in [0.29, 0.717) is 18.7 Å². The minimum atomic E-state index is -0.110. The third-order valence-electron chi connectivity index (χ3n) is 6.94. The Morgan fingerprint density at radius 1 is 1.23 bits per heavy atom. The molecule has 1 amide bonds. The molecule has 0 spiro atoms. The summed E-state index contributed by atoms with van der Waals surface area (Å²) in [7, 11) is 0. The number of rotatable bonds is 10. The van der Waals surface area contributed by atoms with E-state index in [1.807, 2.05) is 38.2 Å². The van der Waals surface area contributed by atoms with Gasteiger partial charge < -0.3 is 20.1 Å². The Labute approximate surface area is 211 Å². The van der Waals surface area contributed by atoms with Gasteiger partial charge in [0.05, 0.1) is 6.61 Å². The molecule has 6 heteroatoms. The normalized spacial score (nSPS) is 15.7. The van der Waals surface area contributed by atoms with E-state index in [-0.39, 0.29) is 23.8 Å². The molecular weight excluding hydrogens is 438 g/mol. The van der Waals surface area contributed by atoms with Gasteiger partial charge in [-0.3, -0.25) is 4.79 Å². The molecule has 35 heavy (non-hydrogen) atoms. The summed E-state index contributed by atoms with van der Waals surface area (Å²) in [5.41, 5.74) is 2.96. The molecule has 0 bridgehead atoms. The minimum Gasteiger partial charge on any atom is -0.494 e. The number of aromatic nitrogens is 1. The van der Waals surface area contributed by atoms with Crippen molar-refractivity contribution in [1.29, 1.82) is 0 Å². The number of aliphatic hydroxyl groups excluding tert-OH is 1. The van der Waals surface area contributed by atoms with Crippen LogP contribution in [0.15, 0.2) is 36.5 Å². The van der Waals surface area contributed by atoms with Gasteiger partial charge in [0.2, 0.25) is 0 Å². The molecular formula is C29H43N3O3. The maximum Gasteiger partial charge on any atom is 0.251 e. The first kappa shape index (κ1) is 27.0. The van der Waals surface area contributed by atoms with Gasteiger partial charge in [-0.15, -0.1) is 0 Å². The lowest BCUT2D eigenvalue weighted by Crippen LogP contribution is -2.34. The molecule has 192 valence electrons. The van der Waals surface area contributed by atoms with Crippen molar-refractivity contribution in [3.8, 4) is 5.75 Å². The number of hydrogen-bond donors (Lipinski definition) is 2. The van der Waals surface area contributed by atoms with Crippen LogP contribution >= 0.6 is 0 Å². The van der Waals surface area contributed by atoms with E-state index in [1.165, 1.54) is 24.8 Å². The zero-order valence-electron chi connectivity index (χ0n) is 22.1. The number of nitrogens with one attached hydrogen (secondary N) is 1. The third kappa shape index (κ3) is 7.96. The van der Waals surface area contributed by atoms with Crippen molar-refractivity contribution in [3.05, 3.63) is 53.2 Å². The van der Waals surface area contributed by atoms with Crippen LogP contribution in [-0.4, -0.2) is 48.8 Å². The fraction of sp³-hybridized carbons (Fsp3) is 0.586. The van der Waals surface area contributed by atoms with Crippen molar-refractivity contribution in [3.63, 3.8) is 0 Å². The number of anilines is 1. The lowest BCUT2D eigenvalue weighted by molar-refractivity contribution is 0.0941. The highest BCUT2D eigenvalue weighted by molar-refractivity contribution is 5.95. The highest BCUT2D eigenvalue weighted by atomic mass is 16.5. The summed E-state index contributed by atoms with van der Waals surface area (Å²) < 4.78 is 5.97. The monoisotopic (exact) mass is 481 g/mol. The van der Waals surface area contributed by atoms with Crippen molar-refractivity contribution in [1.82, 2.24) is 10.3 Å². The second kappa shape index (κ2) is 12.4. The Balaban J connectivity index is 1.37. The Morgan fingerprint density at radius 2 is 1.97 bits per heavy atom. The highest BCUT2D eigenvalue weighted by Gasteiger charge is 2.21. The maximum absolute atomic E-state index is 12.4. The fourth-order valence-corrected chi connectivity index (χ4v) is 4.44. The third-order valence-corrected chi connectivity index (χ3v) is 6.94. The van der Waals surface area contributed by atoms with Crippen LogP contribution in [-0.2, 0) is 5.41 Å². The van der Waals surface area contributed by atoms with Gasteiger partial charge in [-0.05, 0) is 85.3 Å². The van der Waals surface area contributed by atoms with Gasteiger partial charge in [-0.25, -0.2) is 4.98 Å². The average molecular weight is 482 g/mol. The number of carbonyl (C=O) groups is 1. The molecule has 0 unspecified atom stereocenters. The average Bonchev–Trinajstić information content (AvgIpc) is 2.85. The second-order valence-corrected chi connectivity index (χ2v) is 11.1. The van der Waals surface area contributed by atoms with Crippen LogP contribution in [0, 0.1) is 18.8 Å². The molecule has 2 N–H and O–H groups in total. The van der Waals surface area contributed by atoms with E-state index >= 15 is 0 Å². The predicted octanol–water partition coefficient (Wildman–Crippen LogP) is 5.12. The lowest BCUT2D eigenvalue weighted by atomic mass is 9.88. The van der Waals surface area contributed by atoms with E-state index in [9.17, 15) is 4.79 Å². The van der Waals surface area contributed by atoms with Crippen LogP contribution in [0.5, 0.6) is 5.75 Å². The first-order valence-corrected chi connectivity index (χ1v) is 13.0. The minimum absolute atomic E-state index is 0.0470. The number of pyridine rings is 1. The van der Waals surface area contributed by atoms with Gasteiger partial charge in [-0.1, -0.05) is 33.8 Å². The summed E-state index contributed by atoms with van der Waals surface area (Å²) in [6.07, 6.45) is 6.62. The Kier molecular flexibility index (Phi) is 9.55. The number of carbonyl (C=O) groups excluding carboxylic acids is 1. The van der Waals surface area contributed by atoms with Crippen LogP contribution in [0.25, 0.3) is 0 Å². The second-order valence-electron chi connectivity index (χ2n) is 11.1. The molecule has 1 aromatic carbocycles. The molecule has 1 aliphatic heterocycles. The Morgan fingerprint density at radius 3 is 2.57 bits per heavy atom. The Bertz CT molecular complexity index is 945. The summed E-state index contributed by atoms with van der Waals surface area (Å²) in [6.45, 7) is 13.8. The number of ether oxygens (including phenoxy) is 1.